The van der Waals surface area contributed by atoms with Gasteiger partial charge in [-0.3, -0.25) is 9.89 Å². The predicted octanol–water partition coefficient (Wildman–Crippen LogP) is 3.32. The second kappa shape index (κ2) is 12.2. The van der Waals surface area contributed by atoms with Crippen molar-refractivity contribution in [1.82, 2.24) is 25.7 Å². The number of rotatable bonds is 7. The Balaban J connectivity index is 0.00000320. The molecular weight excluding hydrogens is 498 g/mol. The molecule has 0 spiro atoms. The Labute approximate surface area is 194 Å². The van der Waals surface area contributed by atoms with Crippen LogP contribution in [0.3, 0.4) is 0 Å². The number of halogens is 2. The van der Waals surface area contributed by atoms with E-state index < -0.39 is 0 Å². The Kier molecular flexibility index (Phi) is 9.96. The van der Waals surface area contributed by atoms with Gasteiger partial charge in [-0.05, 0) is 30.5 Å². The zero-order valence-electron chi connectivity index (χ0n) is 17.9. The number of guanidine groups is 1. The third-order valence-electron chi connectivity index (χ3n) is 5.10. The van der Waals surface area contributed by atoms with Crippen LogP contribution in [0.5, 0.6) is 0 Å². The second-order valence-electron chi connectivity index (χ2n) is 7.77. The van der Waals surface area contributed by atoms with E-state index in [-0.39, 0.29) is 35.7 Å². The normalized spacial score (nSPS) is 15.8. The lowest BCUT2D eigenvalue weighted by atomic mass is 10.0. The molecule has 1 aromatic carbocycles. The number of aromatic nitrogens is 2. The quantitative estimate of drug-likeness (QED) is 0.325. The molecule has 30 heavy (non-hydrogen) atoms. The van der Waals surface area contributed by atoms with Gasteiger partial charge in [-0.15, -0.1) is 24.0 Å². The van der Waals surface area contributed by atoms with Crippen molar-refractivity contribution in [3.63, 3.8) is 0 Å². The summed E-state index contributed by atoms with van der Waals surface area (Å²) in [5, 5.41) is 10.8. The van der Waals surface area contributed by atoms with Gasteiger partial charge < -0.3 is 15.2 Å². The number of hydrogen-bond acceptors (Lipinski definition) is 5. The maximum atomic E-state index is 13.0. The van der Waals surface area contributed by atoms with Gasteiger partial charge in [0.25, 0.3) is 0 Å². The number of aliphatic imine (C=N–C) groups is 1. The van der Waals surface area contributed by atoms with E-state index in [2.05, 4.69) is 30.7 Å². The highest BCUT2D eigenvalue weighted by atomic mass is 127. The molecule has 0 saturated carbocycles. The summed E-state index contributed by atoms with van der Waals surface area (Å²) in [6, 6.07) is 7.16. The zero-order valence-corrected chi connectivity index (χ0v) is 20.2. The molecule has 1 aromatic heterocycles. The summed E-state index contributed by atoms with van der Waals surface area (Å²) in [4.78, 5) is 11.1. The molecule has 1 saturated heterocycles. The van der Waals surface area contributed by atoms with Crippen LogP contribution in [0, 0.1) is 5.82 Å². The van der Waals surface area contributed by atoms with Crippen LogP contribution in [-0.4, -0.2) is 53.7 Å². The maximum Gasteiger partial charge on any atom is 0.228 e. The molecule has 0 radical (unpaired) electrons. The molecule has 2 heterocycles. The number of benzene rings is 1. The summed E-state index contributed by atoms with van der Waals surface area (Å²) >= 11 is 0. The van der Waals surface area contributed by atoms with Crippen LogP contribution < -0.4 is 10.6 Å². The molecule has 0 aliphatic carbocycles. The number of nitrogens with one attached hydrogen (secondary N) is 2. The molecule has 9 heteroatoms. The molecule has 3 rings (SSSR count). The van der Waals surface area contributed by atoms with E-state index in [1.165, 1.54) is 12.1 Å². The van der Waals surface area contributed by atoms with Gasteiger partial charge in [0.2, 0.25) is 5.89 Å². The predicted molar refractivity (Wildman–Crippen MR) is 127 cm³/mol. The first kappa shape index (κ1) is 24.5. The van der Waals surface area contributed by atoms with E-state index in [4.69, 9.17) is 4.52 Å². The lowest BCUT2D eigenvalue weighted by Crippen LogP contribution is -2.48. The third kappa shape index (κ3) is 7.50. The van der Waals surface area contributed by atoms with Crippen molar-refractivity contribution >= 4 is 29.9 Å². The summed E-state index contributed by atoms with van der Waals surface area (Å²) < 4.78 is 18.3. The molecule has 2 aromatic rings. The minimum atomic E-state index is -0.185. The Morgan fingerprint density at radius 2 is 1.97 bits per heavy atom. The maximum absolute atomic E-state index is 13.0. The molecule has 1 fully saturated rings. The fraction of sp³-hybridized carbons (Fsp3) is 0.571. The number of nitrogens with zero attached hydrogens (tertiary/aromatic N) is 4. The van der Waals surface area contributed by atoms with Crippen molar-refractivity contribution in [2.24, 2.45) is 4.99 Å². The van der Waals surface area contributed by atoms with Gasteiger partial charge in [0.05, 0.1) is 0 Å². The average molecular weight is 530 g/mol. The molecule has 0 atom stereocenters. The summed E-state index contributed by atoms with van der Waals surface area (Å²) in [5.74, 6) is 2.27. The van der Waals surface area contributed by atoms with Crippen molar-refractivity contribution in [2.75, 3.05) is 26.7 Å². The van der Waals surface area contributed by atoms with Crippen LogP contribution in [-0.2, 0) is 13.0 Å². The van der Waals surface area contributed by atoms with Gasteiger partial charge in [-0.1, -0.05) is 31.1 Å². The topological polar surface area (TPSA) is 78.6 Å². The van der Waals surface area contributed by atoms with E-state index in [0.29, 0.717) is 24.9 Å². The molecule has 2 N–H and O–H groups in total. The van der Waals surface area contributed by atoms with Gasteiger partial charge >= 0.3 is 0 Å². The molecule has 1 aliphatic heterocycles. The van der Waals surface area contributed by atoms with Crippen molar-refractivity contribution in [2.45, 2.75) is 51.6 Å². The fourth-order valence-corrected chi connectivity index (χ4v) is 3.36. The monoisotopic (exact) mass is 530 g/mol. The highest BCUT2D eigenvalue weighted by Crippen LogP contribution is 2.14. The molecule has 0 bridgehead atoms. The minimum absolute atomic E-state index is 0. The van der Waals surface area contributed by atoms with Crippen molar-refractivity contribution in [3.05, 3.63) is 47.4 Å². The lowest BCUT2D eigenvalue weighted by Gasteiger charge is -2.33. The van der Waals surface area contributed by atoms with Gasteiger partial charge in [-0.25, -0.2) is 4.39 Å². The minimum Gasteiger partial charge on any atom is -0.356 e. The van der Waals surface area contributed by atoms with Crippen LogP contribution in [0.15, 0.2) is 33.8 Å². The summed E-state index contributed by atoms with van der Waals surface area (Å²) in [7, 11) is 1.78. The SMILES string of the molecule is CN=C(NCCc1nc(C(C)C)no1)NC1CCN(Cc2ccc(F)cc2)CC1.I. The summed E-state index contributed by atoms with van der Waals surface area (Å²) in [6.07, 6.45) is 2.75. The molecular formula is C21H32FIN6O. The van der Waals surface area contributed by atoms with Gasteiger partial charge in [-0.2, -0.15) is 4.98 Å². The van der Waals surface area contributed by atoms with E-state index in [1.807, 2.05) is 26.0 Å². The van der Waals surface area contributed by atoms with Crippen LogP contribution >= 0.6 is 24.0 Å². The Morgan fingerprint density at radius 3 is 2.57 bits per heavy atom. The first-order valence-corrected chi connectivity index (χ1v) is 10.3. The first-order chi connectivity index (χ1) is 14.0. The average Bonchev–Trinajstić information content (AvgIpc) is 3.19. The highest BCUT2D eigenvalue weighted by Gasteiger charge is 2.20. The van der Waals surface area contributed by atoms with Gasteiger partial charge in [0.15, 0.2) is 11.8 Å². The first-order valence-electron chi connectivity index (χ1n) is 10.3. The van der Waals surface area contributed by atoms with Crippen LogP contribution in [0.2, 0.25) is 0 Å². The standard InChI is InChI=1S/C21H31FN6O.HI/c1-15(2)20-26-19(29-27-20)8-11-24-21(23-3)25-18-9-12-28(13-10-18)14-16-4-6-17(22)7-5-16;/h4-7,15,18H,8-14H2,1-3H3,(H2,23,24,25);1H. The third-order valence-corrected chi connectivity index (χ3v) is 5.10. The number of piperidine rings is 1. The fourth-order valence-electron chi connectivity index (χ4n) is 3.36. The highest BCUT2D eigenvalue weighted by molar-refractivity contribution is 14.0. The Morgan fingerprint density at radius 1 is 1.27 bits per heavy atom. The van der Waals surface area contributed by atoms with Crippen LogP contribution in [0.25, 0.3) is 0 Å². The Bertz CT molecular complexity index is 787. The molecule has 1 aliphatic rings. The molecule has 7 nitrogen and oxygen atoms in total. The van der Waals surface area contributed by atoms with Crippen molar-refractivity contribution in [3.8, 4) is 0 Å². The summed E-state index contributed by atoms with van der Waals surface area (Å²) in [5.41, 5.74) is 1.15. The van der Waals surface area contributed by atoms with E-state index in [1.54, 1.807) is 7.05 Å². The second-order valence-corrected chi connectivity index (χ2v) is 7.77. The molecule has 166 valence electrons. The molecule has 0 unspecified atom stereocenters. The van der Waals surface area contributed by atoms with Crippen molar-refractivity contribution < 1.29 is 8.91 Å². The van der Waals surface area contributed by atoms with Crippen LogP contribution in [0.4, 0.5) is 4.39 Å². The van der Waals surface area contributed by atoms with E-state index in [9.17, 15) is 4.39 Å². The number of hydrogen-bond donors (Lipinski definition) is 2. The summed E-state index contributed by atoms with van der Waals surface area (Å²) in [6.45, 7) is 7.65. The van der Waals surface area contributed by atoms with Gasteiger partial charge in [0.1, 0.15) is 5.82 Å². The van der Waals surface area contributed by atoms with Crippen molar-refractivity contribution in [1.29, 1.82) is 0 Å². The largest absolute Gasteiger partial charge is 0.356 e. The van der Waals surface area contributed by atoms with Crippen LogP contribution in [0.1, 0.15) is 49.9 Å². The zero-order chi connectivity index (χ0) is 20.6. The lowest BCUT2D eigenvalue weighted by molar-refractivity contribution is 0.198. The van der Waals surface area contributed by atoms with E-state index >= 15 is 0 Å². The van der Waals surface area contributed by atoms with E-state index in [0.717, 1.165) is 49.8 Å². The van der Waals surface area contributed by atoms with Gasteiger partial charge in [0, 0.05) is 51.6 Å². The smallest absolute Gasteiger partial charge is 0.228 e. The number of likely N-dealkylation sites (tertiary alicyclic amines) is 1. The molecule has 0 amide bonds. The Hall–Kier alpha value is -1.75.